The highest BCUT2D eigenvalue weighted by Gasteiger charge is 2.36. The van der Waals surface area contributed by atoms with Crippen LogP contribution in [0.1, 0.15) is 23.3 Å². The minimum Gasteiger partial charge on any atom is -0.467 e. The Labute approximate surface area is 165 Å². The van der Waals surface area contributed by atoms with Crippen molar-refractivity contribution in [1.82, 2.24) is 4.90 Å². The largest absolute Gasteiger partial charge is 0.467 e. The third-order valence-corrected chi connectivity index (χ3v) is 4.83. The predicted molar refractivity (Wildman–Crippen MR) is 95.4 cm³/mol. The number of ether oxygens (including phenoxy) is 3. The van der Waals surface area contributed by atoms with Gasteiger partial charge < -0.3 is 23.5 Å². The standard InChI is InChI=1S/C19H18N2O8/c22-17-6-12(7-20(17)8-16-2-1-3-27-16)19(23)28-10-14-5-15(21(24)25)4-13-9-26-11-29-18(13)14/h1-5,12H,6-11H2. The van der Waals surface area contributed by atoms with Crippen LogP contribution in [-0.2, 0) is 38.8 Å². The quantitative estimate of drug-likeness (QED) is 0.409. The third kappa shape index (κ3) is 4.06. The Balaban J connectivity index is 1.41. The molecule has 2 aromatic rings. The van der Waals surface area contributed by atoms with E-state index in [0.29, 0.717) is 29.2 Å². The van der Waals surface area contributed by atoms with E-state index in [9.17, 15) is 19.7 Å². The summed E-state index contributed by atoms with van der Waals surface area (Å²) < 4.78 is 21.2. The van der Waals surface area contributed by atoms with E-state index < -0.39 is 16.8 Å². The summed E-state index contributed by atoms with van der Waals surface area (Å²) in [5.74, 6) is -0.230. The summed E-state index contributed by atoms with van der Waals surface area (Å²) >= 11 is 0. The molecule has 1 aromatic carbocycles. The van der Waals surface area contributed by atoms with Crippen LogP contribution < -0.4 is 4.74 Å². The summed E-state index contributed by atoms with van der Waals surface area (Å²) in [4.78, 5) is 36.8. The summed E-state index contributed by atoms with van der Waals surface area (Å²) in [5.41, 5.74) is 0.782. The number of non-ortho nitro benzene ring substituents is 1. The fraction of sp³-hybridized carbons (Fsp3) is 0.368. The number of benzene rings is 1. The fourth-order valence-electron chi connectivity index (χ4n) is 3.43. The maximum Gasteiger partial charge on any atom is 0.311 e. The van der Waals surface area contributed by atoms with Crippen LogP contribution in [0.3, 0.4) is 0 Å². The number of hydrogen-bond donors (Lipinski definition) is 0. The van der Waals surface area contributed by atoms with Gasteiger partial charge in [-0.2, -0.15) is 0 Å². The second kappa shape index (κ2) is 7.92. The van der Waals surface area contributed by atoms with Gasteiger partial charge in [0.1, 0.15) is 18.1 Å². The van der Waals surface area contributed by atoms with E-state index in [1.54, 1.807) is 17.0 Å². The van der Waals surface area contributed by atoms with E-state index in [2.05, 4.69) is 0 Å². The van der Waals surface area contributed by atoms with E-state index >= 15 is 0 Å². The summed E-state index contributed by atoms with van der Waals surface area (Å²) in [7, 11) is 0. The average molecular weight is 402 g/mol. The number of furan rings is 1. The Bertz CT molecular complexity index is 940. The van der Waals surface area contributed by atoms with Crippen molar-refractivity contribution in [3.8, 4) is 5.75 Å². The molecule has 0 N–H and O–H groups in total. The van der Waals surface area contributed by atoms with E-state index in [0.717, 1.165) is 0 Å². The average Bonchev–Trinajstić information content (AvgIpc) is 3.36. The first-order valence-electron chi connectivity index (χ1n) is 8.99. The molecule has 1 saturated heterocycles. The Morgan fingerprint density at radius 3 is 3.00 bits per heavy atom. The maximum atomic E-state index is 12.5. The van der Waals surface area contributed by atoms with Crippen molar-refractivity contribution in [2.75, 3.05) is 13.3 Å². The molecule has 1 amide bonds. The van der Waals surface area contributed by atoms with Crippen LogP contribution >= 0.6 is 0 Å². The minimum atomic E-state index is -0.601. The predicted octanol–water partition coefficient (Wildman–Crippen LogP) is 2.15. The minimum absolute atomic E-state index is 0.0185. The number of amides is 1. The third-order valence-electron chi connectivity index (χ3n) is 4.83. The van der Waals surface area contributed by atoms with Gasteiger partial charge in [0.2, 0.25) is 5.91 Å². The normalized spacial score (nSPS) is 18.3. The molecule has 152 valence electrons. The molecule has 2 aliphatic heterocycles. The summed E-state index contributed by atoms with van der Waals surface area (Å²) in [6, 6.07) is 6.19. The molecule has 1 fully saturated rings. The summed E-state index contributed by atoms with van der Waals surface area (Å²) in [6.45, 7) is 0.533. The topological polar surface area (TPSA) is 121 Å². The molecule has 0 aliphatic carbocycles. The molecule has 1 aromatic heterocycles. The number of rotatable bonds is 6. The molecule has 2 aliphatic rings. The second-order valence-corrected chi connectivity index (χ2v) is 6.82. The van der Waals surface area contributed by atoms with Gasteiger partial charge in [-0.1, -0.05) is 0 Å². The SMILES string of the molecule is O=C(OCc1cc([N+](=O)[O-])cc2c1OCOC2)C1CC(=O)N(Cc2ccco2)C1. The molecule has 4 rings (SSSR count). The van der Waals surface area contributed by atoms with Crippen molar-refractivity contribution in [2.24, 2.45) is 5.92 Å². The molecule has 29 heavy (non-hydrogen) atoms. The van der Waals surface area contributed by atoms with Gasteiger partial charge in [-0.05, 0) is 12.1 Å². The Hall–Kier alpha value is -3.40. The van der Waals surface area contributed by atoms with Crippen molar-refractivity contribution in [3.63, 3.8) is 0 Å². The fourth-order valence-corrected chi connectivity index (χ4v) is 3.43. The van der Waals surface area contributed by atoms with Crippen molar-refractivity contribution >= 4 is 17.6 Å². The highest BCUT2D eigenvalue weighted by Crippen LogP contribution is 2.33. The van der Waals surface area contributed by atoms with Gasteiger partial charge in [0.05, 0.1) is 30.3 Å². The van der Waals surface area contributed by atoms with Crippen LogP contribution in [0.2, 0.25) is 0 Å². The molecule has 3 heterocycles. The van der Waals surface area contributed by atoms with Gasteiger partial charge in [-0.15, -0.1) is 0 Å². The van der Waals surface area contributed by atoms with E-state index in [4.69, 9.17) is 18.6 Å². The lowest BCUT2D eigenvalue weighted by Gasteiger charge is -2.20. The Morgan fingerprint density at radius 1 is 1.38 bits per heavy atom. The number of carbonyl (C=O) groups is 2. The zero-order chi connectivity index (χ0) is 20.4. The van der Waals surface area contributed by atoms with Gasteiger partial charge in [0.15, 0.2) is 6.79 Å². The van der Waals surface area contributed by atoms with Crippen molar-refractivity contribution in [2.45, 2.75) is 26.2 Å². The van der Waals surface area contributed by atoms with Crippen LogP contribution in [0.25, 0.3) is 0 Å². The van der Waals surface area contributed by atoms with Crippen LogP contribution in [0.15, 0.2) is 34.9 Å². The molecular weight excluding hydrogens is 384 g/mol. The molecular formula is C19H18N2O8. The zero-order valence-electron chi connectivity index (χ0n) is 15.4. The molecule has 0 saturated carbocycles. The van der Waals surface area contributed by atoms with Crippen LogP contribution in [-0.4, -0.2) is 35.0 Å². The van der Waals surface area contributed by atoms with E-state index in [1.165, 1.54) is 18.4 Å². The van der Waals surface area contributed by atoms with E-state index in [1.807, 2.05) is 0 Å². The first-order valence-corrected chi connectivity index (χ1v) is 8.99. The molecule has 0 spiro atoms. The number of hydrogen-bond acceptors (Lipinski definition) is 8. The monoisotopic (exact) mass is 402 g/mol. The first-order chi connectivity index (χ1) is 14.0. The number of esters is 1. The van der Waals surface area contributed by atoms with Crippen LogP contribution in [0, 0.1) is 16.0 Å². The maximum absolute atomic E-state index is 12.5. The lowest BCUT2D eigenvalue weighted by Crippen LogP contribution is -2.26. The lowest BCUT2D eigenvalue weighted by atomic mass is 10.1. The second-order valence-electron chi connectivity index (χ2n) is 6.82. The highest BCUT2D eigenvalue weighted by atomic mass is 16.7. The van der Waals surface area contributed by atoms with Crippen molar-refractivity contribution in [1.29, 1.82) is 0 Å². The highest BCUT2D eigenvalue weighted by molar-refractivity contribution is 5.86. The molecule has 10 heteroatoms. The van der Waals surface area contributed by atoms with Crippen LogP contribution in [0.4, 0.5) is 5.69 Å². The summed E-state index contributed by atoms with van der Waals surface area (Å²) in [5, 5.41) is 11.2. The molecule has 1 atom stereocenters. The Morgan fingerprint density at radius 2 is 2.24 bits per heavy atom. The smallest absolute Gasteiger partial charge is 0.311 e. The number of likely N-dealkylation sites (tertiary alicyclic amines) is 1. The van der Waals surface area contributed by atoms with Gasteiger partial charge in [-0.25, -0.2) is 0 Å². The zero-order valence-corrected chi connectivity index (χ0v) is 15.4. The molecule has 1 unspecified atom stereocenters. The van der Waals surface area contributed by atoms with Gasteiger partial charge in [0.25, 0.3) is 5.69 Å². The Kier molecular flexibility index (Phi) is 5.17. The molecule has 0 radical (unpaired) electrons. The van der Waals surface area contributed by atoms with Crippen molar-refractivity contribution in [3.05, 3.63) is 57.5 Å². The van der Waals surface area contributed by atoms with Crippen LogP contribution in [0.5, 0.6) is 5.75 Å². The van der Waals surface area contributed by atoms with Gasteiger partial charge >= 0.3 is 5.97 Å². The van der Waals surface area contributed by atoms with E-state index in [-0.39, 0.29) is 44.6 Å². The number of nitro benzene ring substituents is 1. The van der Waals surface area contributed by atoms with Gasteiger partial charge in [-0.3, -0.25) is 19.7 Å². The molecule has 10 nitrogen and oxygen atoms in total. The summed E-state index contributed by atoms with van der Waals surface area (Å²) in [6.07, 6.45) is 1.57. The molecule has 0 bridgehead atoms. The number of nitro groups is 1. The number of carbonyl (C=O) groups excluding carboxylic acids is 2. The van der Waals surface area contributed by atoms with Crippen molar-refractivity contribution < 1.29 is 33.1 Å². The number of nitrogens with zero attached hydrogens (tertiary/aromatic N) is 2. The number of fused-ring (bicyclic) bond motifs is 1. The van der Waals surface area contributed by atoms with Gasteiger partial charge in [0, 0.05) is 36.2 Å². The first kappa shape index (κ1) is 18.9. The lowest BCUT2D eigenvalue weighted by molar-refractivity contribution is -0.385.